The molecule has 3 heterocycles. The smallest absolute Gasteiger partial charge is 0.404 e. The summed E-state index contributed by atoms with van der Waals surface area (Å²) in [6, 6.07) is 6.70. The molecule has 2 aromatic rings. The van der Waals surface area contributed by atoms with E-state index < -0.39 is 55.1 Å². The molecule has 0 radical (unpaired) electrons. The van der Waals surface area contributed by atoms with Gasteiger partial charge in [0.05, 0.1) is 30.3 Å². The second-order valence-corrected chi connectivity index (χ2v) is 10.1. The summed E-state index contributed by atoms with van der Waals surface area (Å²) in [6.45, 7) is -0.781. The summed E-state index contributed by atoms with van der Waals surface area (Å²) in [4.78, 5) is 26.1. The van der Waals surface area contributed by atoms with Crippen molar-refractivity contribution in [3.05, 3.63) is 62.4 Å². The number of aromatic nitrogens is 2. The lowest BCUT2D eigenvalue weighted by Gasteiger charge is -2.40. The quantitative estimate of drug-likeness (QED) is 0.309. The van der Waals surface area contributed by atoms with Crippen molar-refractivity contribution in [3.8, 4) is 5.75 Å². The van der Waals surface area contributed by atoms with Crippen LogP contribution in [0.2, 0.25) is 0 Å². The predicted octanol–water partition coefficient (Wildman–Crippen LogP) is -2.63. The Hall–Kier alpha value is -2.15. The number of ether oxygens (including phenoxy) is 1. The third-order valence-corrected chi connectivity index (χ3v) is 7.45. The lowest BCUT2D eigenvalue weighted by molar-refractivity contribution is -0.219. The summed E-state index contributed by atoms with van der Waals surface area (Å²) in [5, 5.41) is 18.1. The van der Waals surface area contributed by atoms with Crippen LogP contribution in [0, 0.1) is 0 Å². The largest absolute Gasteiger partial charge is 0.529 e. The highest BCUT2D eigenvalue weighted by atomic mass is 31.2. The van der Waals surface area contributed by atoms with Crippen LogP contribution in [-0.4, -0.2) is 60.7 Å². The molecule has 1 fully saturated rings. The molecule has 3 N–H and O–H groups in total. The van der Waals surface area contributed by atoms with Crippen molar-refractivity contribution < 1.29 is 37.5 Å². The van der Waals surface area contributed by atoms with Gasteiger partial charge in [0.15, 0.2) is 7.85 Å². The van der Waals surface area contributed by atoms with Crippen molar-refractivity contribution in [1.29, 1.82) is 0 Å². The topological polar surface area (TPSA) is 149 Å². The first-order valence-corrected chi connectivity index (χ1v) is 11.5. The molecule has 1 aromatic heterocycles. The second kappa shape index (κ2) is 7.97. The van der Waals surface area contributed by atoms with Crippen molar-refractivity contribution in [3.63, 3.8) is 0 Å². The van der Waals surface area contributed by atoms with E-state index in [1.165, 1.54) is 23.5 Å². The molecule has 4 atom stereocenters. The number of nitrogens with one attached hydrogen (secondary N) is 1. The van der Waals surface area contributed by atoms with E-state index in [1.54, 1.807) is 24.3 Å². The average Bonchev–Trinajstić information content (AvgIpc) is 2.97. The zero-order valence-electron chi connectivity index (χ0n) is 18.1. The minimum absolute atomic E-state index is 0.0826. The highest BCUT2D eigenvalue weighted by molar-refractivity contribution is 7.49. The van der Waals surface area contributed by atoms with Gasteiger partial charge < -0.3 is 19.5 Å². The number of nitrogens with zero attached hydrogens (tertiary/aromatic N) is 1. The Morgan fingerprint density at radius 3 is 2.76 bits per heavy atom. The molecule has 33 heavy (non-hydrogen) atoms. The molecule has 1 saturated heterocycles. The molecule has 0 bridgehead atoms. The molecule has 11 nitrogen and oxygen atoms in total. The lowest BCUT2D eigenvalue weighted by Crippen LogP contribution is -2.56. The molecule has 2 aliphatic heterocycles. The molecule has 4 rings (SSSR count). The van der Waals surface area contributed by atoms with Crippen molar-refractivity contribution in [2.75, 3.05) is 0 Å². The van der Waals surface area contributed by atoms with E-state index in [1.807, 2.05) is 4.98 Å². The molecule has 1 aromatic carbocycles. The number of hydrogen-bond donors (Lipinski definition) is 3. The summed E-state index contributed by atoms with van der Waals surface area (Å²) in [6.07, 6.45) is -1.28. The highest BCUT2D eigenvalue weighted by Gasteiger charge is 2.63. The third kappa shape index (κ3) is 4.03. The van der Waals surface area contributed by atoms with Gasteiger partial charge in [-0.1, -0.05) is 18.2 Å². The number of H-pyrrole nitrogens is 1. The van der Waals surface area contributed by atoms with Crippen LogP contribution < -0.4 is 15.8 Å². The maximum absolute atomic E-state index is 16.2. The molecule has 0 aliphatic carbocycles. The SMILES string of the molecule is BC(B)(OP1(=O)OCc2ccccc2O1)[C@]1(F)C[C@@H](O)[C@](B)(n2cc(CO)c(=O)[nH]c2=O)O1. The van der Waals surface area contributed by atoms with Crippen LogP contribution in [0.4, 0.5) is 4.39 Å². The highest BCUT2D eigenvalue weighted by Crippen LogP contribution is 2.59. The Balaban J connectivity index is 1.64. The number of aliphatic hydroxyl groups is 2. The van der Waals surface area contributed by atoms with Gasteiger partial charge in [0, 0.05) is 18.2 Å². The van der Waals surface area contributed by atoms with Crippen molar-refractivity contribution in [2.24, 2.45) is 0 Å². The molecule has 0 saturated carbocycles. The summed E-state index contributed by atoms with van der Waals surface area (Å²) < 4.78 is 51.8. The Kier molecular flexibility index (Phi) is 5.79. The standard InChI is InChI=1S/C17H21B3FN2O9P/c18-16(23-6-10(7-24)13(26)22-14(23)27)12(25)5-15(21,31-16)17(19,20)32-33(28)29-8-9-3-1-2-4-11(9)30-33/h1-4,6,12,24-25H,5,7-8,18-20H2,(H,22,26,27)/t12-,15+,16+,33?/m1/s1. The summed E-state index contributed by atoms with van der Waals surface area (Å²) in [7, 11) is -0.551. The van der Waals surface area contributed by atoms with Crippen LogP contribution in [0.3, 0.4) is 0 Å². The number of aromatic amines is 1. The van der Waals surface area contributed by atoms with Gasteiger partial charge in [-0.05, 0) is 6.07 Å². The number of fused-ring (bicyclic) bond motifs is 1. The summed E-state index contributed by atoms with van der Waals surface area (Å²) in [5.74, 6) is -2.50. The average molecular weight is 480 g/mol. The maximum atomic E-state index is 16.2. The van der Waals surface area contributed by atoms with E-state index in [9.17, 15) is 24.4 Å². The number of halogens is 1. The number of alkyl halides is 1. The van der Waals surface area contributed by atoms with E-state index in [2.05, 4.69) is 0 Å². The number of rotatable bonds is 5. The number of phosphoric ester groups is 1. The van der Waals surface area contributed by atoms with Gasteiger partial charge in [-0.3, -0.25) is 23.4 Å². The van der Waals surface area contributed by atoms with Crippen LogP contribution in [-0.2, 0) is 37.2 Å². The Labute approximate surface area is 189 Å². The first-order valence-electron chi connectivity index (χ1n) is 10.1. The molecule has 2 aliphatic rings. The predicted molar refractivity (Wildman–Crippen MR) is 120 cm³/mol. The first kappa shape index (κ1) is 24.0. The normalized spacial score (nSPS) is 31.7. The number of benzene rings is 1. The fraction of sp³-hybridized carbons (Fsp3) is 0.412. The van der Waals surface area contributed by atoms with Crippen LogP contribution in [0.15, 0.2) is 40.1 Å². The molecule has 0 amide bonds. The lowest BCUT2D eigenvalue weighted by atomic mass is 9.60. The van der Waals surface area contributed by atoms with E-state index in [4.69, 9.17) is 18.3 Å². The van der Waals surface area contributed by atoms with Gasteiger partial charge in [0.1, 0.15) is 27.1 Å². The van der Waals surface area contributed by atoms with Crippen LogP contribution in [0.1, 0.15) is 17.5 Å². The van der Waals surface area contributed by atoms with Crippen LogP contribution >= 0.6 is 7.82 Å². The maximum Gasteiger partial charge on any atom is 0.529 e. The number of aliphatic hydroxyl groups excluding tert-OH is 2. The molecule has 0 spiro atoms. The second-order valence-electron chi connectivity index (χ2n) is 8.57. The monoisotopic (exact) mass is 480 g/mol. The van der Waals surface area contributed by atoms with E-state index in [0.29, 0.717) is 5.56 Å². The molecule has 1 unspecified atom stereocenters. The van der Waals surface area contributed by atoms with Gasteiger partial charge in [-0.2, -0.15) is 0 Å². The fourth-order valence-corrected chi connectivity index (χ4v) is 5.36. The van der Waals surface area contributed by atoms with E-state index in [0.717, 1.165) is 10.8 Å². The Morgan fingerprint density at radius 1 is 1.36 bits per heavy atom. The van der Waals surface area contributed by atoms with Crippen LogP contribution in [0.5, 0.6) is 5.75 Å². The number of para-hydroxylation sites is 1. The van der Waals surface area contributed by atoms with E-state index >= 15 is 4.39 Å². The molecular weight excluding hydrogens is 459 g/mol. The van der Waals surface area contributed by atoms with Crippen molar-refractivity contribution >= 4 is 31.4 Å². The van der Waals surface area contributed by atoms with Gasteiger partial charge in [0.25, 0.3) is 5.56 Å². The summed E-state index contributed by atoms with van der Waals surface area (Å²) >= 11 is 0. The van der Waals surface area contributed by atoms with E-state index in [-0.39, 0.29) is 17.9 Å². The van der Waals surface area contributed by atoms with Gasteiger partial charge >= 0.3 is 13.5 Å². The first-order chi connectivity index (χ1) is 15.3. The van der Waals surface area contributed by atoms with Crippen LogP contribution in [0.25, 0.3) is 0 Å². The van der Waals surface area contributed by atoms with Crippen molar-refractivity contribution in [1.82, 2.24) is 9.55 Å². The number of hydrogen-bond acceptors (Lipinski definition) is 9. The molecular formula is C17H21B3FN2O9P. The Morgan fingerprint density at radius 2 is 2.06 bits per heavy atom. The minimum atomic E-state index is -4.28. The van der Waals surface area contributed by atoms with Gasteiger partial charge in [-0.25, -0.2) is 13.8 Å². The minimum Gasteiger partial charge on any atom is -0.404 e. The van der Waals surface area contributed by atoms with Gasteiger partial charge in [-0.15, -0.1) is 0 Å². The van der Waals surface area contributed by atoms with Gasteiger partial charge in [0.2, 0.25) is 5.85 Å². The zero-order valence-corrected chi connectivity index (χ0v) is 19.0. The van der Waals surface area contributed by atoms with Crippen molar-refractivity contribution in [2.45, 2.75) is 42.6 Å². The fourth-order valence-electron chi connectivity index (χ4n) is 3.81. The number of phosphoric acid groups is 1. The zero-order chi connectivity index (χ0) is 24.2. The third-order valence-electron chi connectivity index (χ3n) is 5.91. The molecule has 16 heteroatoms. The Bertz CT molecular complexity index is 1260. The molecule has 174 valence electrons. The summed E-state index contributed by atoms with van der Waals surface area (Å²) in [5.41, 5.74) is -3.35.